The van der Waals surface area contributed by atoms with Gasteiger partial charge in [0.25, 0.3) is 5.91 Å². The van der Waals surface area contributed by atoms with Gasteiger partial charge in [0.05, 0.1) is 46.9 Å². The van der Waals surface area contributed by atoms with Crippen LogP contribution < -0.4 is 10.2 Å². The molecule has 0 aromatic carbocycles. The number of carbonyl (C=O) groups is 1. The van der Waals surface area contributed by atoms with Gasteiger partial charge in [-0.1, -0.05) is 18.6 Å². The first-order valence-electron chi connectivity index (χ1n) is 14.9. The van der Waals surface area contributed by atoms with Gasteiger partial charge in [-0.25, -0.2) is 4.68 Å². The summed E-state index contributed by atoms with van der Waals surface area (Å²) in [5.74, 6) is -0.271. The molecule has 1 aliphatic carbocycles. The molecule has 4 aromatic rings. The lowest BCUT2D eigenvalue weighted by atomic mass is 10.1. The maximum Gasteiger partial charge on any atom is 0.276 e. The van der Waals surface area contributed by atoms with Crippen LogP contribution >= 0.6 is 0 Å². The van der Waals surface area contributed by atoms with Crippen molar-refractivity contribution in [3.8, 4) is 16.9 Å². The highest BCUT2D eigenvalue weighted by atomic mass is 16.2. The molecule has 0 radical (unpaired) electrons. The Morgan fingerprint density at radius 3 is 2.55 bits per heavy atom. The maximum absolute atomic E-state index is 13.2. The van der Waals surface area contributed by atoms with Gasteiger partial charge in [0, 0.05) is 49.7 Å². The number of aryl methyl sites for hydroxylation is 2. The van der Waals surface area contributed by atoms with Gasteiger partial charge in [-0.3, -0.25) is 24.3 Å². The summed E-state index contributed by atoms with van der Waals surface area (Å²) in [4.78, 5) is 27.2. The summed E-state index contributed by atoms with van der Waals surface area (Å²) in [5, 5.41) is 16.4. The predicted molar refractivity (Wildman–Crippen MR) is 163 cm³/mol. The average Bonchev–Trinajstić information content (AvgIpc) is 3.54. The standard InChI is InChI=1S/C31H40N10O/c1-6-7-25-16-27(36-41(25)31(3,4)5)30(42)34-23-15-29(21(2)33-18-23)40-20-28(35-37-40)22-14-26(19-32-17-22)39-12-10-38(11-13-39)24-8-9-24/h14-20,24H,6-13H2,1-5H3,(H,34,42). The number of anilines is 2. The molecule has 2 fully saturated rings. The fourth-order valence-corrected chi connectivity index (χ4v) is 5.60. The Kier molecular flexibility index (Phi) is 7.53. The van der Waals surface area contributed by atoms with E-state index in [-0.39, 0.29) is 11.4 Å². The smallest absolute Gasteiger partial charge is 0.276 e. The number of hydrogen-bond acceptors (Lipinski definition) is 8. The Labute approximate surface area is 247 Å². The lowest BCUT2D eigenvalue weighted by Gasteiger charge is -2.36. The third-order valence-electron chi connectivity index (χ3n) is 7.98. The highest BCUT2D eigenvalue weighted by molar-refractivity contribution is 6.03. The van der Waals surface area contributed by atoms with Crippen LogP contribution in [0.15, 0.2) is 43.0 Å². The molecule has 1 amide bonds. The molecular weight excluding hydrogens is 528 g/mol. The lowest BCUT2D eigenvalue weighted by molar-refractivity contribution is 0.102. The van der Waals surface area contributed by atoms with Crippen LogP contribution in [0.1, 0.15) is 68.8 Å². The normalized spacial score (nSPS) is 16.2. The summed E-state index contributed by atoms with van der Waals surface area (Å²) in [7, 11) is 0. The van der Waals surface area contributed by atoms with Gasteiger partial charge in [0.1, 0.15) is 5.69 Å². The first kappa shape index (κ1) is 28.0. The molecule has 2 aliphatic rings. The van der Waals surface area contributed by atoms with Gasteiger partial charge < -0.3 is 10.2 Å². The summed E-state index contributed by atoms with van der Waals surface area (Å²) < 4.78 is 3.64. The predicted octanol–water partition coefficient (Wildman–Crippen LogP) is 4.47. The third kappa shape index (κ3) is 5.92. The van der Waals surface area contributed by atoms with Gasteiger partial charge in [-0.2, -0.15) is 5.10 Å². The summed E-state index contributed by atoms with van der Waals surface area (Å²) in [6.45, 7) is 14.5. The lowest BCUT2D eigenvalue weighted by Crippen LogP contribution is -2.47. The van der Waals surface area contributed by atoms with Crippen LogP contribution in [0.2, 0.25) is 0 Å². The van der Waals surface area contributed by atoms with Crippen LogP contribution in [0.5, 0.6) is 0 Å². The van der Waals surface area contributed by atoms with E-state index in [1.54, 1.807) is 10.9 Å². The molecule has 0 atom stereocenters. The molecule has 220 valence electrons. The minimum absolute atomic E-state index is 0.216. The van der Waals surface area contributed by atoms with Crippen LogP contribution in [0.3, 0.4) is 0 Å². The van der Waals surface area contributed by atoms with Crippen molar-refractivity contribution < 1.29 is 4.79 Å². The van der Waals surface area contributed by atoms with Crippen molar-refractivity contribution in [1.29, 1.82) is 0 Å². The Morgan fingerprint density at radius 1 is 1.05 bits per heavy atom. The van der Waals surface area contributed by atoms with E-state index in [0.29, 0.717) is 11.4 Å². The summed E-state index contributed by atoms with van der Waals surface area (Å²) >= 11 is 0. The number of nitrogens with one attached hydrogen (secondary N) is 1. The van der Waals surface area contributed by atoms with Crippen LogP contribution in [0.25, 0.3) is 16.9 Å². The van der Waals surface area contributed by atoms with Crippen LogP contribution in [-0.2, 0) is 12.0 Å². The number of hydrogen-bond donors (Lipinski definition) is 1. The summed E-state index contributed by atoms with van der Waals surface area (Å²) in [5.41, 5.74) is 6.04. The molecule has 0 spiro atoms. The van der Waals surface area contributed by atoms with Gasteiger partial charge in [0.2, 0.25) is 0 Å². The molecular formula is C31H40N10O. The van der Waals surface area contributed by atoms with Crippen molar-refractivity contribution in [2.45, 2.75) is 71.9 Å². The van der Waals surface area contributed by atoms with Crippen molar-refractivity contribution in [2.24, 2.45) is 0 Å². The second-order valence-corrected chi connectivity index (χ2v) is 12.4. The number of aromatic nitrogens is 7. The first-order valence-corrected chi connectivity index (χ1v) is 14.9. The van der Waals surface area contributed by atoms with Crippen molar-refractivity contribution in [1.82, 2.24) is 39.6 Å². The van der Waals surface area contributed by atoms with E-state index < -0.39 is 0 Å². The van der Waals surface area contributed by atoms with Gasteiger partial charge in [-0.15, -0.1) is 5.10 Å². The van der Waals surface area contributed by atoms with E-state index >= 15 is 0 Å². The number of amides is 1. The average molecular weight is 569 g/mol. The van der Waals surface area contributed by atoms with Gasteiger partial charge in [0.15, 0.2) is 5.69 Å². The number of rotatable bonds is 8. The molecule has 0 unspecified atom stereocenters. The van der Waals surface area contributed by atoms with Crippen LogP contribution in [0, 0.1) is 6.92 Å². The van der Waals surface area contributed by atoms with Crippen molar-refractivity contribution >= 4 is 17.3 Å². The van der Waals surface area contributed by atoms with Crippen LogP contribution in [-0.4, -0.2) is 77.8 Å². The second-order valence-electron chi connectivity index (χ2n) is 12.4. The topological polar surface area (TPSA) is 110 Å². The molecule has 11 nitrogen and oxygen atoms in total. The molecule has 5 heterocycles. The fraction of sp³-hybridized carbons (Fsp3) is 0.484. The van der Waals surface area contributed by atoms with E-state index in [4.69, 9.17) is 0 Å². The largest absolute Gasteiger partial charge is 0.368 e. The second kappa shape index (κ2) is 11.3. The van der Waals surface area contributed by atoms with E-state index in [1.165, 1.54) is 12.8 Å². The summed E-state index contributed by atoms with van der Waals surface area (Å²) in [6.07, 6.45) is 11.8. The molecule has 1 saturated heterocycles. The van der Waals surface area contributed by atoms with Crippen LogP contribution in [0.4, 0.5) is 11.4 Å². The van der Waals surface area contributed by atoms with E-state index in [1.807, 2.05) is 42.3 Å². The molecule has 0 bridgehead atoms. The van der Waals surface area contributed by atoms with Gasteiger partial charge in [-0.05, 0) is 65.2 Å². The Morgan fingerprint density at radius 2 is 1.83 bits per heavy atom. The monoisotopic (exact) mass is 568 g/mol. The Hall–Kier alpha value is -4.12. The first-order chi connectivity index (χ1) is 20.2. The molecule has 1 aliphatic heterocycles. The molecule has 6 rings (SSSR count). The molecule has 1 N–H and O–H groups in total. The molecule has 4 aromatic heterocycles. The van der Waals surface area contributed by atoms with Crippen molar-refractivity contribution in [2.75, 3.05) is 36.4 Å². The Bertz CT molecular complexity index is 1570. The molecule has 42 heavy (non-hydrogen) atoms. The highest BCUT2D eigenvalue weighted by Gasteiger charge is 2.31. The van der Waals surface area contributed by atoms with E-state index in [2.05, 4.69) is 74.3 Å². The SMILES string of the molecule is CCCc1cc(C(=O)Nc2cnc(C)c(-n3cc(-c4cncc(N5CCN(C6CC6)CC5)c4)nn3)c2)nn1C(C)(C)C. The zero-order chi connectivity index (χ0) is 29.4. The minimum atomic E-state index is -0.271. The zero-order valence-corrected chi connectivity index (χ0v) is 25.2. The Balaban J connectivity index is 1.18. The maximum atomic E-state index is 13.2. The molecule has 1 saturated carbocycles. The minimum Gasteiger partial charge on any atom is -0.368 e. The highest BCUT2D eigenvalue weighted by Crippen LogP contribution is 2.29. The van der Waals surface area contributed by atoms with Gasteiger partial charge >= 0.3 is 0 Å². The fourth-order valence-electron chi connectivity index (χ4n) is 5.60. The quantitative estimate of drug-likeness (QED) is 0.332. The zero-order valence-electron chi connectivity index (χ0n) is 25.2. The number of piperazine rings is 1. The van der Waals surface area contributed by atoms with Crippen molar-refractivity contribution in [3.05, 3.63) is 60.1 Å². The number of pyridine rings is 2. The number of nitrogens with zero attached hydrogens (tertiary/aromatic N) is 9. The number of carbonyl (C=O) groups excluding carboxylic acids is 1. The molecule has 11 heteroatoms. The summed E-state index contributed by atoms with van der Waals surface area (Å²) in [6, 6.07) is 6.69. The van der Waals surface area contributed by atoms with E-state index in [9.17, 15) is 4.79 Å². The van der Waals surface area contributed by atoms with Crippen molar-refractivity contribution in [3.63, 3.8) is 0 Å². The van der Waals surface area contributed by atoms with E-state index in [0.717, 1.165) is 79.1 Å². The third-order valence-corrected chi connectivity index (χ3v) is 7.98.